The minimum absolute atomic E-state index is 0.688. The zero-order chi connectivity index (χ0) is 15.2. The molecule has 0 spiro atoms. The van der Waals surface area contributed by atoms with Crippen LogP contribution >= 0.6 is 35.2 Å². The molecule has 110 valence electrons. The number of hydrogen-bond donors (Lipinski definition) is 1. The number of para-hydroxylation sites is 1. The molecule has 2 nitrogen and oxygen atoms in total. The second-order valence-electron chi connectivity index (χ2n) is 4.62. The molecule has 0 bridgehead atoms. The lowest BCUT2D eigenvalue weighted by molar-refractivity contribution is 0.468. The van der Waals surface area contributed by atoms with Crippen LogP contribution in [0.4, 0.5) is 5.69 Å². The van der Waals surface area contributed by atoms with Crippen molar-refractivity contribution in [1.82, 2.24) is 4.90 Å². The number of nitrogens with one attached hydrogen (secondary N) is 1. The molecule has 0 unspecified atom stereocenters. The van der Waals surface area contributed by atoms with Crippen LogP contribution in [0.1, 0.15) is 10.4 Å². The fraction of sp³-hybridized carbons (Fsp3) is 0.188. The van der Waals surface area contributed by atoms with Crippen molar-refractivity contribution >= 4 is 46.0 Å². The number of hydrogen-bond acceptors (Lipinski definition) is 2. The Hall–Kier alpha value is -1.36. The van der Waals surface area contributed by atoms with Gasteiger partial charge in [-0.1, -0.05) is 35.9 Å². The Labute approximate surface area is 140 Å². The van der Waals surface area contributed by atoms with Crippen molar-refractivity contribution in [3.8, 4) is 0 Å². The number of anilines is 1. The lowest BCUT2D eigenvalue weighted by Gasteiger charge is -2.24. The van der Waals surface area contributed by atoms with Crippen LogP contribution in [0, 0.1) is 6.92 Å². The van der Waals surface area contributed by atoms with Crippen LogP contribution in [0.15, 0.2) is 49.1 Å². The third-order valence-corrected chi connectivity index (χ3v) is 4.58. The quantitative estimate of drug-likeness (QED) is 0.604. The van der Waals surface area contributed by atoms with Gasteiger partial charge < -0.3 is 10.2 Å². The van der Waals surface area contributed by atoms with Crippen molar-refractivity contribution in [2.45, 2.75) is 13.5 Å². The van der Waals surface area contributed by atoms with Gasteiger partial charge in [0.15, 0.2) is 5.11 Å². The molecule has 0 atom stereocenters. The highest BCUT2D eigenvalue weighted by molar-refractivity contribution is 7.80. The first-order chi connectivity index (χ1) is 10.1. The number of benzene rings is 1. The predicted octanol–water partition coefficient (Wildman–Crippen LogP) is 5.09. The first kappa shape index (κ1) is 16.0. The van der Waals surface area contributed by atoms with Gasteiger partial charge in [-0.2, -0.15) is 0 Å². The molecule has 1 heterocycles. The summed E-state index contributed by atoms with van der Waals surface area (Å²) in [6.07, 6.45) is 1.85. The van der Waals surface area contributed by atoms with Crippen molar-refractivity contribution in [3.05, 3.63) is 63.8 Å². The largest absolute Gasteiger partial charge is 0.340 e. The Morgan fingerprint density at radius 2 is 2.14 bits per heavy atom. The highest BCUT2D eigenvalue weighted by atomic mass is 35.5. The molecule has 1 aromatic carbocycles. The van der Waals surface area contributed by atoms with E-state index in [2.05, 4.69) is 29.8 Å². The topological polar surface area (TPSA) is 15.3 Å². The van der Waals surface area contributed by atoms with Crippen LogP contribution in [-0.2, 0) is 6.54 Å². The summed E-state index contributed by atoms with van der Waals surface area (Å²) in [5.74, 6) is 0. The molecule has 5 heteroatoms. The van der Waals surface area contributed by atoms with Gasteiger partial charge in [0.25, 0.3) is 0 Å². The molecule has 0 amide bonds. The van der Waals surface area contributed by atoms with Gasteiger partial charge in [-0.3, -0.25) is 0 Å². The zero-order valence-corrected chi connectivity index (χ0v) is 14.2. The number of halogens is 1. The second-order valence-corrected chi connectivity index (χ2v) is 6.81. The average Bonchev–Trinajstić information content (AvgIpc) is 2.86. The summed E-state index contributed by atoms with van der Waals surface area (Å²) in [4.78, 5) is 3.24. The molecule has 0 radical (unpaired) electrons. The summed E-state index contributed by atoms with van der Waals surface area (Å²) in [6.45, 7) is 7.27. The van der Waals surface area contributed by atoms with E-state index in [1.807, 2.05) is 36.4 Å². The van der Waals surface area contributed by atoms with Gasteiger partial charge in [0, 0.05) is 17.1 Å². The van der Waals surface area contributed by atoms with E-state index in [0.717, 1.165) is 22.1 Å². The fourth-order valence-electron chi connectivity index (χ4n) is 1.91. The van der Waals surface area contributed by atoms with E-state index >= 15 is 0 Å². The van der Waals surface area contributed by atoms with Gasteiger partial charge in [0.05, 0.1) is 10.9 Å². The lowest BCUT2D eigenvalue weighted by Crippen LogP contribution is -2.34. The summed E-state index contributed by atoms with van der Waals surface area (Å²) in [5.41, 5.74) is 2.19. The average molecular weight is 337 g/mol. The number of thiocarbonyl (C=S) groups is 1. The van der Waals surface area contributed by atoms with Gasteiger partial charge in [0.1, 0.15) is 0 Å². The van der Waals surface area contributed by atoms with E-state index in [4.69, 9.17) is 23.8 Å². The van der Waals surface area contributed by atoms with Gasteiger partial charge >= 0.3 is 0 Å². The number of nitrogens with zero attached hydrogens (tertiary/aromatic N) is 1. The van der Waals surface area contributed by atoms with Crippen LogP contribution in [0.5, 0.6) is 0 Å². The van der Waals surface area contributed by atoms with Crippen LogP contribution in [0.25, 0.3) is 0 Å². The van der Waals surface area contributed by atoms with Crippen molar-refractivity contribution in [2.75, 3.05) is 11.9 Å². The first-order valence-electron chi connectivity index (χ1n) is 6.57. The maximum atomic E-state index is 5.98. The van der Waals surface area contributed by atoms with E-state index in [0.29, 0.717) is 11.7 Å². The van der Waals surface area contributed by atoms with Gasteiger partial charge in [-0.05, 0) is 42.9 Å². The fourth-order valence-corrected chi connectivity index (χ4v) is 3.26. The SMILES string of the molecule is C=CCN(Cc1ccc(Cl)s1)C(=S)Nc1ccccc1C. The van der Waals surface area contributed by atoms with Gasteiger partial charge in [-0.25, -0.2) is 0 Å². The number of rotatable bonds is 5. The zero-order valence-electron chi connectivity index (χ0n) is 11.8. The predicted molar refractivity (Wildman–Crippen MR) is 97.3 cm³/mol. The molecule has 1 aromatic heterocycles. The number of thiophene rings is 1. The highest BCUT2D eigenvalue weighted by Crippen LogP contribution is 2.23. The molecule has 0 aliphatic heterocycles. The molecular weight excluding hydrogens is 320 g/mol. The highest BCUT2D eigenvalue weighted by Gasteiger charge is 2.11. The minimum atomic E-state index is 0.688. The summed E-state index contributed by atoms with van der Waals surface area (Å²) in [7, 11) is 0. The normalized spacial score (nSPS) is 10.2. The first-order valence-corrected chi connectivity index (χ1v) is 8.17. The molecule has 1 N–H and O–H groups in total. The Bertz CT molecular complexity index is 637. The maximum Gasteiger partial charge on any atom is 0.174 e. The van der Waals surface area contributed by atoms with Gasteiger partial charge in [-0.15, -0.1) is 17.9 Å². The van der Waals surface area contributed by atoms with Gasteiger partial charge in [0.2, 0.25) is 0 Å². The summed E-state index contributed by atoms with van der Waals surface area (Å²) < 4.78 is 0.793. The molecule has 0 fully saturated rings. The molecule has 2 aromatic rings. The Morgan fingerprint density at radius 1 is 1.38 bits per heavy atom. The van der Waals surface area contributed by atoms with Crippen molar-refractivity contribution in [3.63, 3.8) is 0 Å². The van der Waals surface area contributed by atoms with Crippen LogP contribution in [0.3, 0.4) is 0 Å². The summed E-state index contributed by atoms with van der Waals surface area (Å²) >= 11 is 13.1. The van der Waals surface area contributed by atoms with E-state index in [-0.39, 0.29) is 0 Å². The smallest absolute Gasteiger partial charge is 0.174 e. The summed E-state index contributed by atoms with van der Waals surface area (Å²) in [5, 5.41) is 3.99. The number of aryl methyl sites for hydroxylation is 1. The Morgan fingerprint density at radius 3 is 2.76 bits per heavy atom. The van der Waals surface area contributed by atoms with Crippen LogP contribution in [-0.4, -0.2) is 16.6 Å². The third kappa shape index (κ3) is 4.56. The molecule has 0 aliphatic rings. The summed E-state index contributed by atoms with van der Waals surface area (Å²) in [6, 6.07) is 12.0. The Kier molecular flexibility index (Phi) is 5.79. The van der Waals surface area contributed by atoms with E-state index < -0.39 is 0 Å². The van der Waals surface area contributed by atoms with E-state index in [1.54, 1.807) is 11.3 Å². The molecule has 0 aliphatic carbocycles. The van der Waals surface area contributed by atoms with Crippen LogP contribution < -0.4 is 5.32 Å². The standard InChI is InChI=1S/C16H17ClN2S2/c1-3-10-19(11-13-8-9-15(17)21-13)16(20)18-14-7-5-4-6-12(14)2/h3-9H,1,10-11H2,2H3,(H,18,20). The third-order valence-electron chi connectivity index (χ3n) is 3.00. The Balaban J connectivity index is 2.08. The molecular formula is C16H17ClN2S2. The van der Waals surface area contributed by atoms with Crippen molar-refractivity contribution in [1.29, 1.82) is 0 Å². The van der Waals surface area contributed by atoms with E-state index in [9.17, 15) is 0 Å². The van der Waals surface area contributed by atoms with Crippen molar-refractivity contribution < 1.29 is 0 Å². The molecule has 2 rings (SSSR count). The molecule has 0 saturated carbocycles. The van der Waals surface area contributed by atoms with Crippen molar-refractivity contribution in [2.24, 2.45) is 0 Å². The van der Waals surface area contributed by atoms with Crippen LogP contribution in [0.2, 0.25) is 4.34 Å². The second kappa shape index (κ2) is 7.59. The van der Waals surface area contributed by atoms with E-state index in [1.165, 1.54) is 4.88 Å². The molecule has 21 heavy (non-hydrogen) atoms. The minimum Gasteiger partial charge on any atom is -0.340 e. The maximum absolute atomic E-state index is 5.98. The lowest BCUT2D eigenvalue weighted by atomic mass is 10.2. The monoisotopic (exact) mass is 336 g/mol. The molecule has 0 saturated heterocycles.